The van der Waals surface area contributed by atoms with Crippen LogP contribution >= 0.6 is 0 Å². The second-order valence-electron chi connectivity index (χ2n) is 1.76. The molecule has 9 heavy (non-hydrogen) atoms. The van der Waals surface area contributed by atoms with E-state index in [-0.39, 0.29) is 6.42 Å². The lowest BCUT2D eigenvalue weighted by atomic mass is 10.3. The van der Waals surface area contributed by atoms with Gasteiger partial charge in [-0.3, -0.25) is 0 Å². The highest BCUT2D eigenvalue weighted by molar-refractivity contribution is 4.69. The van der Waals surface area contributed by atoms with Gasteiger partial charge in [-0.25, -0.2) is 0 Å². The Hall–Kier alpha value is -0.250. The molecule has 0 saturated carbocycles. The molecule has 0 fully saturated rings. The quantitative estimate of drug-likeness (QED) is 0.534. The van der Waals surface area contributed by atoms with Crippen molar-refractivity contribution in [2.45, 2.75) is 19.0 Å². The van der Waals surface area contributed by atoms with Gasteiger partial charge in [-0.05, 0) is 0 Å². The molecule has 0 aliphatic carbocycles. The van der Waals surface area contributed by atoms with Crippen LogP contribution in [0.25, 0.3) is 5.32 Å². The highest BCUT2D eigenvalue weighted by atomic mass is 19.4. The van der Waals surface area contributed by atoms with Gasteiger partial charge >= 0.3 is 6.18 Å². The van der Waals surface area contributed by atoms with E-state index in [1.54, 1.807) is 0 Å². The topological polar surface area (TPSA) is 14.1 Å². The van der Waals surface area contributed by atoms with Gasteiger partial charge in [0, 0.05) is 6.42 Å². The molecular weight excluding hydrogens is 131 g/mol. The largest absolute Gasteiger partial charge is 0.665 e. The lowest BCUT2D eigenvalue weighted by molar-refractivity contribution is -0.134. The molecule has 0 rings (SSSR count). The van der Waals surface area contributed by atoms with E-state index in [1.807, 2.05) is 0 Å². The monoisotopic (exact) mass is 140 g/mol. The molecule has 0 spiro atoms. The Morgan fingerprint density at radius 2 is 1.89 bits per heavy atom. The van der Waals surface area contributed by atoms with Crippen LogP contribution in [0.15, 0.2) is 0 Å². The van der Waals surface area contributed by atoms with Crippen LogP contribution in [0.1, 0.15) is 12.8 Å². The van der Waals surface area contributed by atoms with Gasteiger partial charge in [-0.1, -0.05) is 6.42 Å². The molecule has 0 aliphatic heterocycles. The Labute approximate surface area is 52.2 Å². The summed E-state index contributed by atoms with van der Waals surface area (Å²) in [7, 11) is 1.51. The smallest absolute Gasteiger partial charge is 0.389 e. The minimum atomic E-state index is -4.01. The molecule has 0 N–H and O–H groups in total. The van der Waals surface area contributed by atoms with E-state index in [2.05, 4.69) is 5.32 Å². The van der Waals surface area contributed by atoms with E-state index < -0.39 is 12.6 Å². The summed E-state index contributed by atoms with van der Waals surface area (Å²) in [6.07, 6.45) is -4.62. The Morgan fingerprint density at radius 1 is 1.33 bits per heavy atom. The van der Waals surface area contributed by atoms with Crippen LogP contribution in [0.3, 0.4) is 0 Å². The van der Waals surface area contributed by atoms with Gasteiger partial charge in [-0.15, -0.1) is 6.54 Å². The Kier molecular flexibility index (Phi) is 3.61. The molecule has 0 heterocycles. The maximum Gasteiger partial charge on any atom is 0.389 e. The minimum Gasteiger partial charge on any atom is -0.665 e. The van der Waals surface area contributed by atoms with Gasteiger partial charge in [0.25, 0.3) is 0 Å². The average Bonchev–Trinajstić information content (AvgIpc) is 1.63. The Bertz CT molecular complexity index is 69.1. The summed E-state index contributed by atoms with van der Waals surface area (Å²) >= 11 is 0. The van der Waals surface area contributed by atoms with Gasteiger partial charge in [0.1, 0.15) is 0 Å². The van der Waals surface area contributed by atoms with E-state index in [0.29, 0.717) is 6.54 Å². The molecule has 0 aromatic rings. The molecule has 1 nitrogen and oxygen atoms in total. The molecule has 0 aliphatic rings. The van der Waals surface area contributed by atoms with E-state index in [1.165, 1.54) is 7.05 Å². The molecule has 0 radical (unpaired) electrons. The normalized spacial score (nSPS) is 12.0. The molecule has 0 atom stereocenters. The van der Waals surface area contributed by atoms with Crippen molar-refractivity contribution in [3.63, 3.8) is 0 Å². The zero-order valence-electron chi connectivity index (χ0n) is 5.20. The lowest BCUT2D eigenvalue weighted by Gasteiger charge is -2.11. The molecule has 56 valence electrons. The number of alkyl halides is 3. The number of halogens is 3. The third-order valence-electron chi connectivity index (χ3n) is 0.842. The molecular formula is C5H9F3N-. The summed E-state index contributed by atoms with van der Waals surface area (Å²) < 4.78 is 34.0. The SMILES string of the molecule is C[N-]CCCC(F)(F)F. The maximum absolute atomic E-state index is 11.3. The summed E-state index contributed by atoms with van der Waals surface area (Å²) in [4.78, 5) is 0. The van der Waals surface area contributed by atoms with Crippen molar-refractivity contribution in [3.8, 4) is 0 Å². The van der Waals surface area contributed by atoms with Gasteiger partial charge in [0.15, 0.2) is 0 Å². The first kappa shape index (κ1) is 8.75. The van der Waals surface area contributed by atoms with Crippen LogP contribution in [0, 0.1) is 0 Å². The zero-order valence-corrected chi connectivity index (χ0v) is 5.20. The second-order valence-corrected chi connectivity index (χ2v) is 1.76. The van der Waals surface area contributed by atoms with Gasteiger partial charge < -0.3 is 5.32 Å². The predicted octanol–water partition coefficient (Wildman–Crippen LogP) is 2.33. The van der Waals surface area contributed by atoms with Crippen LogP contribution in [0.5, 0.6) is 0 Å². The molecule has 4 heteroatoms. The van der Waals surface area contributed by atoms with E-state index in [4.69, 9.17) is 0 Å². The summed E-state index contributed by atoms with van der Waals surface area (Å²) in [6.45, 7) is 0.305. The summed E-state index contributed by atoms with van der Waals surface area (Å²) in [5, 5.41) is 3.54. The zero-order chi connectivity index (χ0) is 7.33. The van der Waals surface area contributed by atoms with Crippen LogP contribution in [0.2, 0.25) is 0 Å². The van der Waals surface area contributed by atoms with E-state index in [0.717, 1.165) is 0 Å². The summed E-state index contributed by atoms with van der Waals surface area (Å²) in [6, 6.07) is 0. The van der Waals surface area contributed by atoms with Crippen molar-refractivity contribution in [3.05, 3.63) is 5.32 Å². The minimum absolute atomic E-state index is 0.111. The molecule has 0 unspecified atom stereocenters. The van der Waals surface area contributed by atoms with Crippen molar-refractivity contribution >= 4 is 0 Å². The molecule has 0 saturated heterocycles. The fourth-order valence-corrected chi connectivity index (χ4v) is 0.438. The van der Waals surface area contributed by atoms with Crippen molar-refractivity contribution in [1.29, 1.82) is 0 Å². The summed E-state index contributed by atoms with van der Waals surface area (Å²) in [5.41, 5.74) is 0. The molecule has 0 aromatic heterocycles. The van der Waals surface area contributed by atoms with Crippen molar-refractivity contribution in [2.75, 3.05) is 13.6 Å². The fourth-order valence-electron chi connectivity index (χ4n) is 0.438. The number of hydrogen-bond acceptors (Lipinski definition) is 0. The van der Waals surface area contributed by atoms with Gasteiger partial charge in [0.05, 0.1) is 0 Å². The summed E-state index contributed by atoms with van der Waals surface area (Å²) in [5.74, 6) is 0. The van der Waals surface area contributed by atoms with Crippen molar-refractivity contribution < 1.29 is 13.2 Å². The van der Waals surface area contributed by atoms with Crippen LogP contribution < -0.4 is 0 Å². The van der Waals surface area contributed by atoms with Crippen LogP contribution in [-0.2, 0) is 0 Å². The number of nitrogens with zero attached hydrogens (tertiary/aromatic N) is 1. The van der Waals surface area contributed by atoms with E-state index in [9.17, 15) is 13.2 Å². The number of hydrogen-bond donors (Lipinski definition) is 0. The van der Waals surface area contributed by atoms with Crippen molar-refractivity contribution in [1.82, 2.24) is 0 Å². The van der Waals surface area contributed by atoms with Gasteiger partial charge in [0.2, 0.25) is 0 Å². The predicted molar refractivity (Wildman–Crippen MR) is 29.4 cm³/mol. The highest BCUT2D eigenvalue weighted by Gasteiger charge is 2.24. The van der Waals surface area contributed by atoms with Crippen LogP contribution in [-0.4, -0.2) is 19.8 Å². The second kappa shape index (κ2) is 3.71. The highest BCUT2D eigenvalue weighted by Crippen LogP contribution is 2.21. The molecule has 0 amide bonds. The molecule has 0 aromatic carbocycles. The average molecular weight is 140 g/mol. The number of rotatable bonds is 3. The molecule has 0 bridgehead atoms. The standard InChI is InChI=1S/C5H9F3N/c1-9-4-2-3-5(6,7)8/h2-4H2,1H3/q-1. The first-order valence-corrected chi connectivity index (χ1v) is 2.68. The Balaban J connectivity index is 3.07. The van der Waals surface area contributed by atoms with Gasteiger partial charge in [-0.2, -0.15) is 20.2 Å². The fraction of sp³-hybridized carbons (Fsp3) is 1.00. The maximum atomic E-state index is 11.3. The third-order valence-corrected chi connectivity index (χ3v) is 0.842. The van der Waals surface area contributed by atoms with Crippen molar-refractivity contribution in [2.24, 2.45) is 0 Å². The first-order valence-electron chi connectivity index (χ1n) is 2.68. The lowest BCUT2D eigenvalue weighted by Crippen LogP contribution is -2.07. The van der Waals surface area contributed by atoms with E-state index >= 15 is 0 Å². The third kappa shape index (κ3) is 7.75. The first-order chi connectivity index (χ1) is 4.06. The van der Waals surface area contributed by atoms with Crippen LogP contribution in [0.4, 0.5) is 13.2 Å². The Morgan fingerprint density at radius 3 is 2.22 bits per heavy atom.